The first-order valence-corrected chi connectivity index (χ1v) is 11.7. The molecule has 0 saturated carbocycles. The van der Waals surface area contributed by atoms with E-state index in [4.69, 9.17) is 26.4 Å². The van der Waals surface area contributed by atoms with E-state index < -0.39 is 24.3 Å². The lowest BCUT2D eigenvalue weighted by molar-refractivity contribution is -0.145. The number of ether oxygens (including phenoxy) is 2. The summed E-state index contributed by atoms with van der Waals surface area (Å²) in [6.45, 7) is 5.49. The molecule has 192 valence electrons. The predicted octanol–water partition coefficient (Wildman–Crippen LogP) is 4.10. The Morgan fingerprint density at radius 2 is 1.65 bits per heavy atom. The highest BCUT2D eigenvalue weighted by Gasteiger charge is 2.24. The van der Waals surface area contributed by atoms with Crippen LogP contribution < -0.4 is 21.5 Å². The summed E-state index contributed by atoms with van der Waals surface area (Å²) < 4.78 is 10.5. The van der Waals surface area contributed by atoms with Gasteiger partial charge in [0.2, 0.25) is 0 Å². The third-order valence-corrected chi connectivity index (χ3v) is 5.59. The van der Waals surface area contributed by atoms with Crippen LogP contribution in [0.2, 0.25) is 0 Å². The SMILES string of the molecule is CCOC(=O)COc1ccc(N)c(NC(=O)c2ccc(C(C)C)cc2)c1C(=O)c1cccc(C(=N)N)c1. The average Bonchev–Trinajstić information content (AvgIpc) is 2.88. The topological polar surface area (TPSA) is 158 Å². The highest BCUT2D eigenvalue weighted by molar-refractivity contribution is 6.19. The molecule has 0 aromatic heterocycles. The van der Waals surface area contributed by atoms with Crippen molar-refractivity contribution >= 4 is 34.9 Å². The number of carbonyl (C=O) groups is 3. The summed E-state index contributed by atoms with van der Waals surface area (Å²) in [5, 5.41) is 10.4. The van der Waals surface area contributed by atoms with Gasteiger partial charge in [0.1, 0.15) is 11.6 Å². The third-order valence-electron chi connectivity index (χ3n) is 5.59. The number of hydrogen-bond acceptors (Lipinski definition) is 7. The van der Waals surface area contributed by atoms with Gasteiger partial charge in [0, 0.05) is 16.7 Å². The molecule has 0 aliphatic heterocycles. The van der Waals surface area contributed by atoms with E-state index in [-0.39, 0.29) is 40.7 Å². The van der Waals surface area contributed by atoms with Gasteiger partial charge in [-0.1, -0.05) is 44.2 Å². The van der Waals surface area contributed by atoms with Gasteiger partial charge in [-0.05, 0) is 48.7 Å². The van der Waals surface area contributed by atoms with Gasteiger partial charge >= 0.3 is 5.97 Å². The lowest BCUT2D eigenvalue weighted by Gasteiger charge is -2.18. The summed E-state index contributed by atoms with van der Waals surface area (Å²) in [6.07, 6.45) is 0. The van der Waals surface area contributed by atoms with E-state index in [2.05, 4.69) is 19.2 Å². The van der Waals surface area contributed by atoms with Gasteiger partial charge < -0.3 is 26.3 Å². The zero-order chi connectivity index (χ0) is 27.1. The molecular weight excluding hydrogens is 472 g/mol. The Hall–Kier alpha value is -4.66. The number of rotatable bonds is 10. The van der Waals surface area contributed by atoms with Gasteiger partial charge in [-0.25, -0.2) is 4.79 Å². The second-order valence-electron chi connectivity index (χ2n) is 8.55. The first-order valence-electron chi connectivity index (χ1n) is 11.7. The van der Waals surface area contributed by atoms with Gasteiger partial charge in [0.05, 0.1) is 23.5 Å². The molecule has 0 aliphatic rings. The summed E-state index contributed by atoms with van der Waals surface area (Å²) in [7, 11) is 0. The lowest BCUT2D eigenvalue weighted by Crippen LogP contribution is -2.20. The molecule has 0 aliphatic carbocycles. The van der Waals surface area contributed by atoms with Crippen molar-refractivity contribution in [2.24, 2.45) is 5.73 Å². The molecule has 9 nitrogen and oxygen atoms in total. The standard InChI is InChI=1S/C28H30N4O5/c1-4-36-23(33)15-37-22-13-12-21(29)25(32-28(35)18-10-8-17(9-11-18)16(2)3)24(22)26(34)19-6-5-7-20(14-19)27(30)31/h5-14,16H,4,15,29H2,1-3H3,(H3,30,31)(H,32,35). The van der Waals surface area contributed by atoms with Gasteiger partial charge in [-0.3, -0.25) is 15.0 Å². The van der Waals surface area contributed by atoms with Crippen molar-refractivity contribution in [3.05, 3.63) is 88.5 Å². The molecule has 0 fully saturated rings. The molecule has 0 saturated heterocycles. The smallest absolute Gasteiger partial charge is 0.344 e. The third kappa shape index (κ3) is 6.52. The zero-order valence-corrected chi connectivity index (χ0v) is 21.0. The summed E-state index contributed by atoms with van der Waals surface area (Å²) in [5.74, 6) is -1.51. The number of carbonyl (C=O) groups excluding carboxylic acids is 3. The molecule has 0 unspecified atom stereocenters. The first kappa shape index (κ1) is 26.9. The number of anilines is 2. The van der Waals surface area contributed by atoms with Gasteiger partial charge in [0.15, 0.2) is 12.4 Å². The molecule has 1 amide bonds. The highest BCUT2D eigenvalue weighted by Crippen LogP contribution is 2.35. The van der Waals surface area contributed by atoms with E-state index in [1.165, 1.54) is 18.2 Å². The molecule has 0 heterocycles. The maximum absolute atomic E-state index is 13.7. The van der Waals surface area contributed by atoms with Crippen LogP contribution in [0.25, 0.3) is 0 Å². The molecule has 0 spiro atoms. The van der Waals surface area contributed by atoms with Crippen LogP contribution in [0.4, 0.5) is 11.4 Å². The number of nitrogens with one attached hydrogen (secondary N) is 2. The Morgan fingerprint density at radius 3 is 2.27 bits per heavy atom. The quantitative estimate of drug-likeness (QED) is 0.107. The number of ketones is 1. The maximum atomic E-state index is 13.7. The van der Waals surface area contributed by atoms with Crippen molar-refractivity contribution in [3.8, 4) is 5.75 Å². The van der Waals surface area contributed by atoms with Crippen LogP contribution in [0.5, 0.6) is 5.75 Å². The van der Waals surface area contributed by atoms with E-state index >= 15 is 0 Å². The Bertz CT molecular complexity index is 1330. The minimum atomic E-state index is -0.618. The highest BCUT2D eigenvalue weighted by atomic mass is 16.6. The molecule has 0 radical (unpaired) electrons. The van der Waals surface area contributed by atoms with Crippen LogP contribution in [0.1, 0.15) is 64.1 Å². The number of esters is 1. The van der Waals surface area contributed by atoms with Crippen LogP contribution in [0.3, 0.4) is 0 Å². The van der Waals surface area contributed by atoms with Crippen LogP contribution in [0, 0.1) is 5.41 Å². The number of hydrogen-bond donors (Lipinski definition) is 4. The molecular formula is C28H30N4O5. The van der Waals surface area contributed by atoms with Crippen molar-refractivity contribution in [2.45, 2.75) is 26.7 Å². The van der Waals surface area contributed by atoms with Crippen molar-refractivity contribution in [1.29, 1.82) is 5.41 Å². The second-order valence-corrected chi connectivity index (χ2v) is 8.55. The Morgan fingerprint density at radius 1 is 0.973 bits per heavy atom. The molecule has 37 heavy (non-hydrogen) atoms. The lowest BCUT2D eigenvalue weighted by atomic mass is 9.97. The van der Waals surface area contributed by atoms with Crippen LogP contribution in [-0.4, -0.2) is 36.7 Å². The number of benzene rings is 3. The number of amidine groups is 1. The zero-order valence-electron chi connectivity index (χ0n) is 21.0. The fourth-order valence-corrected chi connectivity index (χ4v) is 3.60. The predicted molar refractivity (Wildman–Crippen MR) is 142 cm³/mol. The van der Waals surface area contributed by atoms with E-state index in [0.717, 1.165) is 5.56 Å². The van der Waals surface area contributed by atoms with E-state index in [9.17, 15) is 14.4 Å². The summed E-state index contributed by atoms with van der Waals surface area (Å²) in [4.78, 5) is 38.7. The van der Waals surface area contributed by atoms with Crippen LogP contribution >= 0.6 is 0 Å². The molecule has 3 rings (SSSR count). The number of nitrogens with two attached hydrogens (primary N) is 2. The molecule has 3 aromatic rings. The van der Waals surface area contributed by atoms with Crippen LogP contribution in [-0.2, 0) is 9.53 Å². The average molecular weight is 503 g/mol. The Balaban J connectivity index is 2.06. The van der Waals surface area contributed by atoms with Crippen molar-refractivity contribution in [3.63, 3.8) is 0 Å². The molecule has 3 aromatic carbocycles. The molecule has 0 atom stereocenters. The summed E-state index contributed by atoms with van der Waals surface area (Å²) in [5.41, 5.74) is 13.9. The molecule has 6 N–H and O–H groups in total. The summed E-state index contributed by atoms with van der Waals surface area (Å²) in [6, 6.07) is 16.2. The van der Waals surface area contributed by atoms with E-state index in [1.807, 2.05) is 12.1 Å². The number of amides is 1. The fraction of sp³-hybridized carbons (Fsp3) is 0.214. The summed E-state index contributed by atoms with van der Waals surface area (Å²) >= 11 is 0. The Labute approximate surface area is 215 Å². The fourth-order valence-electron chi connectivity index (χ4n) is 3.60. The molecule has 0 bridgehead atoms. The van der Waals surface area contributed by atoms with E-state index in [0.29, 0.717) is 17.0 Å². The maximum Gasteiger partial charge on any atom is 0.344 e. The number of nitrogen functional groups attached to an aromatic ring is 2. The van der Waals surface area contributed by atoms with Gasteiger partial charge in [-0.15, -0.1) is 0 Å². The van der Waals surface area contributed by atoms with Crippen molar-refractivity contribution in [1.82, 2.24) is 0 Å². The second kappa shape index (κ2) is 11.9. The van der Waals surface area contributed by atoms with Crippen molar-refractivity contribution < 1.29 is 23.9 Å². The van der Waals surface area contributed by atoms with Crippen molar-refractivity contribution in [2.75, 3.05) is 24.3 Å². The monoisotopic (exact) mass is 502 g/mol. The van der Waals surface area contributed by atoms with Crippen LogP contribution in [0.15, 0.2) is 60.7 Å². The van der Waals surface area contributed by atoms with Gasteiger partial charge in [0.25, 0.3) is 5.91 Å². The Kier molecular flexibility index (Phi) is 8.63. The normalized spacial score (nSPS) is 10.6. The van der Waals surface area contributed by atoms with E-state index in [1.54, 1.807) is 37.3 Å². The minimum Gasteiger partial charge on any atom is -0.481 e. The largest absolute Gasteiger partial charge is 0.481 e. The minimum absolute atomic E-state index is 0.0333. The first-order chi connectivity index (χ1) is 17.6. The van der Waals surface area contributed by atoms with Gasteiger partial charge in [-0.2, -0.15) is 0 Å². The molecule has 9 heteroatoms.